The fourth-order valence-electron chi connectivity index (χ4n) is 1.06. The number of primary amides is 1. The number of carbonyl (C=O) groups excluding carboxylic acids is 1. The lowest BCUT2D eigenvalue weighted by atomic mass is 10.0. The Labute approximate surface area is 85.3 Å². The molecule has 0 aliphatic rings. The molecule has 0 radical (unpaired) electrons. The Morgan fingerprint density at radius 2 is 2.31 bits per heavy atom. The summed E-state index contributed by atoms with van der Waals surface area (Å²) in [5.41, 5.74) is 6.44. The maximum atomic E-state index is 10.9. The summed E-state index contributed by atoms with van der Waals surface area (Å²) in [5, 5.41) is 0. The summed E-state index contributed by atoms with van der Waals surface area (Å²) in [7, 11) is 0. The minimum absolute atomic E-state index is 0.414. The molecule has 0 aliphatic heterocycles. The molecule has 0 spiro atoms. The number of halogens is 1. The molecule has 0 aliphatic carbocycles. The van der Waals surface area contributed by atoms with Gasteiger partial charge in [0, 0.05) is 16.5 Å². The van der Waals surface area contributed by atoms with Crippen LogP contribution in [0.3, 0.4) is 0 Å². The summed E-state index contributed by atoms with van der Waals surface area (Å²) in [4.78, 5) is 10.9. The zero-order chi connectivity index (χ0) is 9.84. The molecule has 0 atom stereocenters. The van der Waals surface area contributed by atoms with Crippen molar-refractivity contribution in [3.05, 3.63) is 33.8 Å². The highest BCUT2D eigenvalue weighted by Crippen LogP contribution is 2.16. The number of hydrogen-bond acceptors (Lipinski definition) is 1. The van der Waals surface area contributed by atoms with E-state index < -0.39 is 5.91 Å². The van der Waals surface area contributed by atoms with E-state index in [0.717, 1.165) is 10.0 Å². The minimum atomic E-state index is -0.447. The molecule has 2 nitrogen and oxygen atoms in total. The highest BCUT2D eigenvalue weighted by Gasteiger charge is 2.06. The zero-order valence-corrected chi connectivity index (χ0v) is 8.47. The van der Waals surface area contributed by atoms with Crippen LogP contribution in [0, 0.1) is 12.3 Å². The van der Waals surface area contributed by atoms with Crippen molar-refractivity contribution in [3.8, 4) is 12.3 Å². The van der Waals surface area contributed by atoms with Crippen molar-refractivity contribution in [2.24, 2.45) is 5.73 Å². The van der Waals surface area contributed by atoms with Crippen LogP contribution in [0.15, 0.2) is 22.7 Å². The van der Waals surface area contributed by atoms with Gasteiger partial charge in [0.1, 0.15) is 0 Å². The van der Waals surface area contributed by atoms with Gasteiger partial charge in [-0.15, -0.1) is 12.3 Å². The van der Waals surface area contributed by atoms with E-state index in [-0.39, 0.29) is 0 Å². The first-order chi connectivity index (χ1) is 6.15. The average Bonchev–Trinajstić information content (AvgIpc) is 2.04. The van der Waals surface area contributed by atoms with Gasteiger partial charge in [-0.2, -0.15) is 0 Å². The van der Waals surface area contributed by atoms with Crippen LogP contribution in [0.2, 0.25) is 0 Å². The Bertz CT molecular complexity index is 379. The summed E-state index contributed by atoms with van der Waals surface area (Å²) >= 11 is 3.29. The Balaban J connectivity index is 3.20. The Morgan fingerprint density at radius 1 is 1.62 bits per heavy atom. The molecule has 1 rings (SSSR count). The second-order valence-electron chi connectivity index (χ2n) is 2.55. The molecule has 0 bridgehead atoms. The minimum Gasteiger partial charge on any atom is -0.366 e. The Kier molecular flexibility index (Phi) is 3.10. The predicted molar refractivity (Wildman–Crippen MR) is 55.2 cm³/mol. The highest BCUT2D eigenvalue weighted by atomic mass is 79.9. The summed E-state index contributed by atoms with van der Waals surface area (Å²) in [6.45, 7) is 0. The highest BCUT2D eigenvalue weighted by molar-refractivity contribution is 9.10. The fourth-order valence-corrected chi connectivity index (χ4v) is 1.47. The van der Waals surface area contributed by atoms with Gasteiger partial charge < -0.3 is 5.73 Å². The van der Waals surface area contributed by atoms with Crippen LogP contribution in [0.1, 0.15) is 15.9 Å². The van der Waals surface area contributed by atoms with E-state index in [1.54, 1.807) is 18.2 Å². The van der Waals surface area contributed by atoms with Gasteiger partial charge in [-0.3, -0.25) is 4.79 Å². The van der Waals surface area contributed by atoms with E-state index in [0.29, 0.717) is 12.0 Å². The van der Waals surface area contributed by atoms with Gasteiger partial charge >= 0.3 is 0 Å². The topological polar surface area (TPSA) is 43.1 Å². The van der Waals surface area contributed by atoms with E-state index in [4.69, 9.17) is 12.2 Å². The van der Waals surface area contributed by atoms with Gasteiger partial charge in [-0.05, 0) is 23.8 Å². The van der Waals surface area contributed by atoms with E-state index in [9.17, 15) is 4.79 Å². The number of benzene rings is 1. The largest absolute Gasteiger partial charge is 0.366 e. The molecule has 2 N–H and O–H groups in total. The zero-order valence-electron chi connectivity index (χ0n) is 6.88. The van der Waals surface area contributed by atoms with E-state index >= 15 is 0 Å². The molecule has 66 valence electrons. The second-order valence-corrected chi connectivity index (χ2v) is 3.46. The maximum Gasteiger partial charge on any atom is 0.249 e. The van der Waals surface area contributed by atoms with Crippen LogP contribution < -0.4 is 5.73 Å². The normalized spacial score (nSPS) is 9.23. The van der Waals surface area contributed by atoms with Gasteiger partial charge in [0.15, 0.2) is 0 Å². The predicted octanol–water partition coefficient (Wildman–Crippen LogP) is 1.72. The Morgan fingerprint density at radius 3 is 2.85 bits per heavy atom. The molecule has 0 fully saturated rings. The van der Waals surface area contributed by atoms with Gasteiger partial charge in [0.25, 0.3) is 0 Å². The first-order valence-electron chi connectivity index (χ1n) is 3.67. The van der Waals surface area contributed by atoms with Crippen molar-refractivity contribution in [3.63, 3.8) is 0 Å². The fraction of sp³-hybridized carbons (Fsp3) is 0.100. The first-order valence-corrected chi connectivity index (χ1v) is 4.46. The van der Waals surface area contributed by atoms with Crippen molar-refractivity contribution in [1.82, 2.24) is 0 Å². The van der Waals surface area contributed by atoms with Gasteiger partial charge in [0.2, 0.25) is 5.91 Å². The molecule has 13 heavy (non-hydrogen) atoms. The monoisotopic (exact) mass is 237 g/mol. The number of hydrogen-bond donors (Lipinski definition) is 1. The number of amides is 1. The quantitative estimate of drug-likeness (QED) is 0.783. The van der Waals surface area contributed by atoms with E-state index in [2.05, 4.69) is 21.9 Å². The lowest BCUT2D eigenvalue weighted by molar-refractivity contribution is 0.0999. The van der Waals surface area contributed by atoms with Crippen molar-refractivity contribution < 1.29 is 4.79 Å². The first kappa shape index (κ1) is 9.82. The summed E-state index contributed by atoms with van der Waals surface area (Å²) in [6.07, 6.45) is 5.58. The van der Waals surface area contributed by atoms with Crippen LogP contribution in [-0.2, 0) is 6.42 Å². The summed E-state index contributed by atoms with van der Waals surface area (Å²) < 4.78 is 0.891. The Hall–Kier alpha value is -1.27. The van der Waals surface area contributed by atoms with Gasteiger partial charge in [0.05, 0.1) is 0 Å². The molecule has 0 saturated carbocycles. The van der Waals surface area contributed by atoms with Crippen molar-refractivity contribution >= 4 is 21.8 Å². The SMILES string of the molecule is C#CCc1cc(Br)ccc1C(N)=O. The third kappa shape index (κ3) is 2.33. The molecule has 0 heterocycles. The van der Waals surface area contributed by atoms with Crippen molar-refractivity contribution in [1.29, 1.82) is 0 Å². The van der Waals surface area contributed by atoms with Gasteiger partial charge in [-0.1, -0.05) is 15.9 Å². The van der Waals surface area contributed by atoms with Crippen molar-refractivity contribution in [2.75, 3.05) is 0 Å². The molecular weight excluding hydrogens is 230 g/mol. The van der Waals surface area contributed by atoms with E-state index in [1.807, 2.05) is 0 Å². The molecule has 1 aromatic carbocycles. The molecule has 3 heteroatoms. The number of nitrogens with two attached hydrogens (primary N) is 1. The smallest absolute Gasteiger partial charge is 0.249 e. The molecule has 1 aromatic rings. The third-order valence-electron chi connectivity index (χ3n) is 1.63. The third-order valence-corrected chi connectivity index (χ3v) is 2.12. The molecule has 0 aromatic heterocycles. The lowest BCUT2D eigenvalue weighted by Crippen LogP contribution is -2.13. The van der Waals surface area contributed by atoms with Crippen LogP contribution in [0.5, 0.6) is 0 Å². The summed E-state index contributed by atoms with van der Waals surface area (Å²) in [5.74, 6) is 2.03. The number of carbonyl (C=O) groups is 1. The van der Waals surface area contributed by atoms with Crippen LogP contribution >= 0.6 is 15.9 Å². The molecule has 1 amide bonds. The van der Waals surface area contributed by atoms with E-state index in [1.165, 1.54) is 0 Å². The van der Waals surface area contributed by atoms with Crippen LogP contribution in [0.4, 0.5) is 0 Å². The van der Waals surface area contributed by atoms with Crippen LogP contribution in [-0.4, -0.2) is 5.91 Å². The maximum absolute atomic E-state index is 10.9. The number of terminal acetylenes is 1. The van der Waals surface area contributed by atoms with Gasteiger partial charge in [-0.25, -0.2) is 0 Å². The lowest BCUT2D eigenvalue weighted by Gasteiger charge is -2.03. The molecular formula is C10H8BrNO. The average molecular weight is 238 g/mol. The summed E-state index contributed by atoms with van der Waals surface area (Å²) in [6, 6.07) is 5.24. The second kappa shape index (κ2) is 4.11. The van der Waals surface area contributed by atoms with Crippen molar-refractivity contribution in [2.45, 2.75) is 6.42 Å². The standard InChI is InChI=1S/C10H8BrNO/c1-2-3-7-6-8(11)4-5-9(7)10(12)13/h1,4-6H,3H2,(H2,12,13). The van der Waals surface area contributed by atoms with Crippen LogP contribution in [0.25, 0.3) is 0 Å². The molecule has 0 saturated heterocycles. The molecule has 0 unspecified atom stereocenters. The number of rotatable bonds is 2.